The molecule has 35 heavy (non-hydrogen) atoms. The van der Waals surface area contributed by atoms with E-state index in [1.165, 1.54) is 15.9 Å². The predicted molar refractivity (Wildman–Crippen MR) is 147 cm³/mol. The number of carboxylic acid groups (broad SMARTS) is 1. The summed E-state index contributed by atoms with van der Waals surface area (Å²) in [6, 6.07) is 39.9. The van der Waals surface area contributed by atoms with Crippen LogP contribution in [0.15, 0.2) is 115 Å². The lowest BCUT2D eigenvalue weighted by atomic mass is 10.0. The van der Waals surface area contributed by atoms with Crippen LogP contribution in [0, 0.1) is 0 Å². The first-order valence-corrected chi connectivity index (χ1v) is 14.1. The second-order valence-electron chi connectivity index (χ2n) is 8.86. The van der Waals surface area contributed by atoms with Crippen LogP contribution in [0.5, 0.6) is 0 Å². The average Bonchev–Trinajstić information content (AvgIpc) is 2.90. The van der Waals surface area contributed by atoms with Crippen LogP contribution >= 0.6 is 7.26 Å². The Morgan fingerprint density at radius 3 is 1.54 bits per heavy atom. The van der Waals surface area contributed by atoms with Crippen molar-refractivity contribution in [2.75, 3.05) is 6.16 Å². The highest BCUT2D eigenvalue weighted by molar-refractivity contribution is 7.95. The number of hydrogen-bond donors (Lipinski definition) is 2. The monoisotopic (exact) mass is 483 g/mol. The summed E-state index contributed by atoms with van der Waals surface area (Å²) in [5, 5.41) is 23.9. The summed E-state index contributed by atoms with van der Waals surface area (Å²) in [6.45, 7) is 0. The number of carboxylic acids is 1. The molecule has 2 N–H and O–H groups in total. The Kier molecular flexibility index (Phi) is 8.47. The van der Waals surface area contributed by atoms with E-state index in [0.717, 1.165) is 30.1 Å². The number of rotatable bonds is 11. The molecule has 0 radical (unpaired) electrons. The molecule has 0 aliphatic heterocycles. The van der Waals surface area contributed by atoms with E-state index in [1.807, 2.05) is 12.1 Å². The molecular weight excluding hydrogens is 451 g/mol. The fourth-order valence-electron chi connectivity index (χ4n) is 4.77. The van der Waals surface area contributed by atoms with E-state index in [1.54, 1.807) is 12.1 Å². The molecule has 0 spiro atoms. The molecule has 178 valence electrons. The summed E-state index contributed by atoms with van der Waals surface area (Å²) in [7, 11) is -1.84. The smallest absolute Gasteiger partial charge is 0.307 e. The number of aliphatic hydroxyl groups is 1. The molecule has 0 aliphatic rings. The van der Waals surface area contributed by atoms with Crippen molar-refractivity contribution < 1.29 is 15.0 Å². The van der Waals surface area contributed by atoms with Crippen LogP contribution < -0.4 is 15.9 Å². The molecule has 4 heteroatoms. The molecule has 0 amide bonds. The molecule has 0 aromatic heterocycles. The van der Waals surface area contributed by atoms with Gasteiger partial charge in [-0.1, -0.05) is 78.9 Å². The number of carbonyl (C=O) groups is 1. The lowest BCUT2D eigenvalue weighted by Gasteiger charge is -2.28. The van der Waals surface area contributed by atoms with Crippen LogP contribution in [0.4, 0.5) is 0 Å². The van der Waals surface area contributed by atoms with E-state index in [-0.39, 0.29) is 6.42 Å². The summed E-state index contributed by atoms with van der Waals surface area (Å²) in [6.07, 6.45) is 3.08. The number of aliphatic hydroxyl groups excluding tert-OH is 1. The summed E-state index contributed by atoms with van der Waals surface area (Å²) >= 11 is 0. The molecule has 0 saturated heterocycles. The molecule has 1 unspecified atom stereocenters. The van der Waals surface area contributed by atoms with Gasteiger partial charge in [-0.3, -0.25) is 4.79 Å². The maximum atomic E-state index is 10.9. The van der Waals surface area contributed by atoms with Crippen molar-refractivity contribution in [1.29, 1.82) is 0 Å². The van der Waals surface area contributed by atoms with E-state index < -0.39 is 19.3 Å². The normalized spacial score (nSPS) is 12.3. The zero-order valence-electron chi connectivity index (χ0n) is 19.8. The zero-order valence-corrected chi connectivity index (χ0v) is 20.7. The number of benzene rings is 4. The van der Waals surface area contributed by atoms with Gasteiger partial charge in [-0.25, -0.2) is 0 Å². The van der Waals surface area contributed by atoms with E-state index in [9.17, 15) is 9.90 Å². The van der Waals surface area contributed by atoms with Gasteiger partial charge in [0.1, 0.15) is 23.2 Å². The molecule has 0 bridgehead atoms. The number of unbranched alkanes of at least 4 members (excludes halogenated alkanes) is 1. The molecule has 1 atom stereocenters. The molecule has 0 fully saturated rings. The highest BCUT2D eigenvalue weighted by Gasteiger charge is 2.44. The van der Waals surface area contributed by atoms with E-state index >= 15 is 0 Å². The van der Waals surface area contributed by atoms with E-state index in [4.69, 9.17) is 5.11 Å². The van der Waals surface area contributed by atoms with Crippen LogP contribution in [-0.2, 0) is 11.2 Å². The summed E-state index contributed by atoms with van der Waals surface area (Å²) in [4.78, 5) is 10.9. The summed E-state index contributed by atoms with van der Waals surface area (Å²) < 4.78 is 0. The first kappa shape index (κ1) is 24.9. The van der Waals surface area contributed by atoms with Gasteiger partial charge >= 0.3 is 5.97 Å². The first-order chi connectivity index (χ1) is 17.1. The van der Waals surface area contributed by atoms with Crippen LogP contribution in [0.2, 0.25) is 0 Å². The Morgan fingerprint density at radius 2 is 1.11 bits per heavy atom. The van der Waals surface area contributed by atoms with Crippen LogP contribution in [0.1, 0.15) is 36.5 Å². The second kappa shape index (κ2) is 11.9. The van der Waals surface area contributed by atoms with Gasteiger partial charge in [0.05, 0.1) is 18.7 Å². The predicted octanol–water partition coefficient (Wildman–Crippen LogP) is 5.51. The van der Waals surface area contributed by atoms with Gasteiger partial charge in [-0.15, -0.1) is 0 Å². The summed E-state index contributed by atoms with van der Waals surface area (Å²) in [5.41, 5.74) is 1.59. The first-order valence-electron chi connectivity index (χ1n) is 12.1. The molecule has 4 aromatic rings. The van der Waals surface area contributed by atoms with Crippen LogP contribution in [0.3, 0.4) is 0 Å². The fourth-order valence-corrected chi connectivity index (χ4v) is 9.18. The molecule has 0 saturated carbocycles. The minimum Gasteiger partial charge on any atom is -0.481 e. The van der Waals surface area contributed by atoms with Gasteiger partial charge in [0.25, 0.3) is 0 Å². The SMILES string of the molecule is O=C(O)Cc1ccc(C(O)CCCC[P+](c2ccccc2)(c2ccccc2)c2ccccc2)cc1. The maximum Gasteiger partial charge on any atom is 0.307 e. The minimum absolute atomic E-state index is 0.000613. The molecule has 0 aliphatic carbocycles. The Bertz CT molecular complexity index is 1100. The number of aliphatic carboxylic acids is 1. The molecule has 3 nitrogen and oxygen atoms in total. The quantitative estimate of drug-likeness (QED) is 0.218. The Hall–Kier alpha value is -3.26. The third-order valence-electron chi connectivity index (χ3n) is 6.53. The maximum absolute atomic E-state index is 10.9. The number of hydrogen-bond acceptors (Lipinski definition) is 2. The molecule has 4 rings (SSSR count). The van der Waals surface area contributed by atoms with Gasteiger partial charge in [-0.2, -0.15) is 0 Å². The molecule has 0 heterocycles. The lowest BCUT2D eigenvalue weighted by molar-refractivity contribution is -0.136. The lowest BCUT2D eigenvalue weighted by Crippen LogP contribution is -2.33. The van der Waals surface area contributed by atoms with Crippen molar-refractivity contribution in [2.45, 2.75) is 31.8 Å². The third-order valence-corrected chi connectivity index (χ3v) is 11.1. The summed E-state index contributed by atoms with van der Waals surface area (Å²) in [5.74, 6) is -0.847. The van der Waals surface area contributed by atoms with Gasteiger partial charge in [0.15, 0.2) is 0 Å². The fraction of sp³-hybridized carbons (Fsp3) is 0.194. The second-order valence-corrected chi connectivity index (χ2v) is 12.5. The van der Waals surface area contributed by atoms with Crippen molar-refractivity contribution >= 4 is 29.1 Å². The minimum atomic E-state index is -1.84. The van der Waals surface area contributed by atoms with Gasteiger partial charge in [0.2, 0.25) is 0 Å². The molecule has 4 aromatic carbocycles. The van der Waals surface area contributed by atoms with Gasteiger partial charge in [-0.05, 0) is 66.8 Å². The van der Waals surface area contributed by atoms with Gasteiger partial charge in [0, 0.05) is 0 Å². The van der Waals surface area contributed by atoms with Crippen molar-refractivity contribution in [3.05, 3.63) is 126 Å². The highest BCUT2D eigenvalue weighted by atomic mass is 31.2. The van der Waals surface area contributed by atoms with Crippen molar-refractivity contribution in [3.8, 4) is 0 Å². The zero-order chi connectivity index (χ0) is 24.5. The largest absolute Gasteiger partial charge is 0.481 e. The third kappa shape index (κ3) is 6.06. The Morgan fingerprint density at radius 1 is 0.657 bits per heavy atom. The van der Waals surface area contributed by atoms with Crippen molar-refractivity contribution in [1.82, 2.24) is 0 Å². The topological polar surface area (TPSA) is 57.5 Å². The van der Waals surface area contributed by atoms with Crippen molar-refractivity contribution in [2.24, 2.45) is 0 Å². The van der Waals surface area contributed by atoms with E-state index in [2.05, 4.69) is 91.0 Å². The average molecular weight is 484 g/mol. The van der Waals surface area contributed by atoms with Crippen molar-refractivity contribution in [3.63, 3.8) is 0 Å². The van der Waals surface area contributed by atoms with E-state index in [0.29, 0.717) is 6.42 Å². The highest BCUT2D eigenvalue weighted by Crippen LogP contribution is 2.56. The van der Waals surface area contributed by atoms with Crippen LogP contribution in [-0.4, -0.2) is 22.3 Å². The Balaban J connectivity index is 1.53. The molecular formula is C31H32O3P+. The standard InChI is InChI=1S/C31H31O3P/c32-30(26-21-19-25(20-22-26)24-31(33)34)18-10-11-23-35(27-12-4-1-5-13-27,28-14-6-2-7-15-28)29-16-8-3-9-17-29/h1-9,12-17,19-22,30,32H,10-11,18,23-24H2/p+1. The van der Waals surface area contributed by atoms with Gasteiger partial charge < -0.3 is 10.2 Å². The Labute approximate surface area is 208 Å². The van der Waals surface area contributed by atoms with Crippen LogP contribution in [0.25, 0.3) is 0 Å².